The van der Waals surface area contributed by atoms with Crippen molar-refractivity contribution in [3.05, 3.63) is 94.3 Å². The summed E-state index contributed by atoms with van der Waals surface area (Å²) >= 11 is 1.25. The maximum Gasteiger partial charge on any atom is 0.301 e. The Hall–Kier alpha value is -4.04. The van der Waals surface area contributed by atoms with Gasteiger partial charge in [-0.3, -0.25) is 14.5 Å². The summed E-state index contributed by atoms with van der Waals surface area (Å²) in [7, 11) is 0. The number of aliphatic hydroxyl groups excluding tert-OH is 1. The zero-order valence-electron chi connectivity index (χ0n) is 19.9. The van der Waals surface area contributed by atoms with E-state index in [4.69, 9.17) is 4.74 Å². The first-order valence-electron chi connectivity index (χ1n) is 11.5. The number of aliphatic hydroxyl groups is 1. The van der Waals surface area contributed by atoms with Gasteiger partial charge in [0.2, 0.25) is 0 Å². The Labute approximate surface area is 211 Å². The maximum atomic E-state index is 15.1. The second kappa shape index (κ2) is 9.20. The normalized spacial score (nSPS) is 17.2. The van der Waals surface area contributed by atoms with Gasteiger partial charge in [0.15, 0.2) is 5.13 Å². The van der Waals surface area contributed by atoms with E-state index in [9.17, 15) is 14.7 Å². The van der Waals surface area contributed by atoms with E-state index in [0.717, 1.165) is 15.8 Å². The van der Waals surface area contributed by atoms with E-state index in [1.165, 1.54) is 34.4 Å². The number of ether oxygens (including phenoxy) is 1. The van der Waals surface area contributed by atoms with E-state index in [-0.39, 0.29) is 22.0 Å². The van der Waals surface area contributed by atoms with E-state index in [2.05, 4.69) is 4.98 Å². The fraction of sp³-hybridized carbons (Fsp3) is 0.179. The molecule has 1 fully saturated rings. The molecule has 0 aliphatic carbocycles. The molecule has 0 spiro atoms. The maximum absolute atomic E-state index is 15.1. The van der Waals surface area contributed by atoms with Crippen molar-refractivity contribution in [2.75, 3.05) is 11.5 Å². The van der Waals surface area contributed by atoms with Crippen molar-refractivity contribution >= 4 is 44.1 Å². The molecule has 1 aliphatic rings. The molecule has 6 nitrogen and oxygen atoms in total. The number of nitrogens with zero attached hydrogens (tertiary/aromatic N) is 2. The van der Waals surface area contributed by atoms with Crippen molar-refractivity contribution in [3.8, 4) is 5.75 Å². The quantitative estimate of drug-likeness (QED) is 0.203. The highest BCUT2D eigenvalue weighted by molar-refractivity contribution is 7.22. The lowest BCUT2D eigenvalue weighted by molar-refractivity contribution is -0.132. The number of aromatic nitrogens is 1. The molecule has 0 bridgehead atoms. The highest BCUT2D eigenvalue weighted by Gasteiger charge is 2.49. The number of aryl methyl sites for hydroxylation is 2. The summed E-state index contributed by atoms with van der Waals surface area (Å²) in [5, 5.41) is 11.5. The standard InChI is InChI=1S/C28H23FN2O4S/c1-4-35-18-11-9-17(10-12-18)25(32)22-24(19-7-5-6-8-20(19)29)31(27(34)26(22)33)28-30-23-16(3)13-15(2)14-21(23)36-28/h5-14,24,32H,4H2,1-3H3/b25-22+/t24-/m0/s1. The summed E-state index contributed by atoms with van der Waals surface area (Å²) in [5.41, 5.74) is 2.90. The summed E-state index contributed by atoms with van der Waals surface area (Å²) in [6.45, 7) is 6.22. The molecule has 5 rings (SSSR count). The molecule has 1 N–H and O–H groups in total. The van der Waals surface area contributed by atoms with Gasteiger partial charge in [0.25, 0.3) is 5.78 Å². The number of halogens is 1. The number of carbonyl (C=O) groups is 2. The lowest BCUT2D eigenvalue weighted by Crippen LogP contribution is -2.29. The van der Waals surface area contributed by atoms with Crippen molar-refractivity contribution in [2.45, 2.75) is 26.8 Å². The third kappa shape index (κ3) is 3.93. The number of ketones is 1. The first kappa shape index (κ1) is 23.7. The first-order valence-corrected chi connectivity index (χ1v) is 12.3. The third-order valence-corrected chi connectivity index (χ3v) is 7.11. The van der Waals surface area contributed by atoms with E-state index < -0.39 is 23.5 Å². The summed E-state index contributed by atoms with van der Waals surface area (Å²) in [6.07, 6.45) is 0. The molecule has 1 aliphatic heterocycles. The lowest BCUT2D eigenvalue weighted by Gasteiger charge is -2.23. The number of Topliss-reactive ketones (excluding diaryl/α,β-unsaturated/α-hetero) is 1. The van der Waals surface area contributed by atoms with Crippen LogP contribution >= 0.6 is 11.3 Å². The molecule has 36 heavy (non-hydrogen) atoms. The van der Waals surface area contributed by atoms with E-state index in [0.29, 0.717) is 23.4 Å². The van der Waals surface area contributed by atoms with Crippen LogP contribution < -0.4 is 9.64 Å². The summed E-state index contributed by atoms with van der Waals surface area (Å²) < 4.78 is 21.4. The van der Waals surface area contributed by atoms with Crippen LogP contribution in [0.2, 0.25) is 0 Å². The van der Waals surface area contributed by atoms with Crippen molar-refractivity contribution in [2.24, 2.45) is 0 Å². The van der Waals surface area contributed by atoms with Gasteiger partial charge in [-0.25, -0.2) is 9.37 Å². The van der Waals surface area contributed by atoms with Crippen molar-refractivity contribution in [1.29, 1.82) is 0 Å². The molecule has 0 unspecified atom stereocenters. The van der Waals surface area contributed by atoms with Gasteiger partial charge in [0.05, 0.1) is 22.4 Å². The first-order chi connectivity index (χ1) is 17.3. The van der Waals surface area contributed by atoms with Crippen LogP contribution in [0.4, 0.5) is 9.52 Å². The van der Waals surface area contributed by atoms with E-state index >= 15 is 4.39 Å². The summed E-state index contributed by atoms with van der Waals surface area (Å²) in [6, 6.07) is 15.2. The largest absolute Gasteiger partial charge is 0.507 e. The van der Waals surface area contributed by atoms with Crippen LogP contribution in [0.1, 0.15) is 35.2 Å². The van der Waals surface area contributed by atoms with Gasteiger partial charge < -0.3 is 9.84 Å². The van der Waals surface area contributed by atoms with Gasteiger partial charge in [0, 0.05) is 11.1 Å². The minimum absolute atomic E-state index is 0.0938. The van der Waals surface area contributed by atoms with Gasteiger partial charge in [-0.15, -0.1) is 0 Å². The van der Waals surface area contributed by atoms with Gasteiger partial charge in [-0.05, 0) is 68.3 Å². The Balaban J connectivity index is 1.71. The minimum atomic E-state index is -1.18. The molecule has 0 saturated carbocycles. The van der Waals surface area contributed by atoms with Crippen molar-refractivity contribution < 1.29 is 23.8 Å². The van der Waals surface area contributed by atoms with Crippen LogP contribution in [0.25, 0.3) is 16.0 Å². The molecular formula is C28H23FN2O4S. The van der Waals surface area contributed by atoms with E-state index in [1.54, 1.807) is 30.3 Å². The SMILES string of the molecule is CCOc1ccc(/C(O)=C2\C(=O)C(=O)N(c3nc4c(C)cc(C)cc4s3)[C@H]2c2ccccc2F)cc1. The predicted octanol–water partition coefficient (Wildman–Crippen LogP) is 6.08. The summed E-state index contributed by atoms with van der Waals surface area (Å²) in [4.78, 5) is 32.5. The van der Waals surface area contributed by atoms with Crippen molar-refractivity contribution in [1.82, 2.24) is 4.98 Å². The van der Waals surface area contributed by atoms with Crippen LogP contribution in [0, 0.1) is 19.7 Å². The summed E-state index contributed by atoms with van der Waals surface area (Å²) in [5.74, 6) is -2.16. The Morgan fingerprint density at radius 1 is 1.11 bits per heavy atom. The highest BCUT2D eigenvalue weighted by atomic mass is 32.1. The van der Waals surface area contributed by atoms with Gasteiger partial charge in [-0.2, -0.15) is 0 Å². The molecule has 4 aromatic rings. The Morgan fingerprint density at radius 2 is 1.83 bits per heavy atom. The van der Waals surface area contributed by atoms with Gasteiger partial charge in [-0.1, -0.05) is 35.6 Å². The van der Waals surface area contributed by atoms with Gasteiger partial charge >= 0.3 is 5.91 Å². The average molecular weight is 503 g/mol. The number of rotatable bonds is 5. The number of carbonyl (C=O) groups excluding carboxylic acids is 2. The zero-order chi connectivity index (χ0) is 25.6. The smallest absolute Gasteiger partial charge is 0.301 e. The Morgan fingerprint density at radius 3 is 2.53 bits per heavy atom. The second-order valence-corrected chi connectivity index (χ2v) is 9.58. The monoisotopic (exact) mass is 502 g/mol. The average Bonchev–Trinajstić information content (AvgIpc) is 3.38. The number of thiazole rings is 1. The number of benzene rings is 3. The molecule has 182 valence electrons. The predicted molar refractivity (Wildman–Crippen MR) is 138 cm³/mol. The van der Waals surface area contributed by atoms with Crippen LogP contribution in [-0.2, 0) is 9.59 Å². The van der Waals surface area contributed by atoms with Gasteiger partial charge in [0.1, 0.15) is 23.4 Å². The molecule has 0 radical (unpaired) electrons. The zero-order valence-corrected chi connectivity index (χ0v) is 20.7. The number of amides is 1. The van der Waals surface area contributed by atoms with Crippen LogP contribution in [0.3, 0.4) is 0 Å². The topological polar surface area (TPSA) is 79.7 Å². The lowest BCUT2D eigenvalue weighted by atomic mass is 9.95. The number of hydrogen-bond donors (Lipinski definition) is 1. The van der Waals surface area contributed by atoms with Crippen LogP contribution in [0.15, 0.2) is 66.2 Å². The van der Waals surface area contributed by atoms with Crippen molar-refractivity contribution in [3.63, 3.8) is 0 Å². The van der Waals surface area contributed by atoms with E-state index in [1.807, 2.05) is 32.9 Å². The number of fused-ring (bicyclic) bond motifs is 1. The molecule has 1 saturated heterocycles. The van der Waals surface area contributed by atoms with Crippen LogP contribution in [0.5, 0.6) is 5.75 Å². The third-order valence-electron chi connectivity index (χ3n) is 6.11. The van der Waals surface area contributed by atoms with Crippen LogP contribution in [-0.4, -0.2) is 28.4 Å². The molecule has 3 aromatic carbocycles. The molecule has 8 heteroatoms. The Bertz CT molecular complexity index is 1540. The Kier molecular flexibility index (Phi) is 6.05. The fourth-order valence-electron chi connectivity index (χ4n) is 4.51. The molecule has 1 aromatic heterocycles. The molecular weight excluding hydrogens is 479 g/mol. The second-order valence-electron chi connectivity index (χ2n) is 8.57. The highest BCUT2D eigenvalue weighted by Crippen LogP contribution is 2.45. The number of anilines is 1. The number of hydrogen-bond acceptors (Lipinski definition) is 6. The molecule has 1 atom stereocenters. The molecule has 1 amide bonds. The fourth-order valence-corrected chi connectivity index (χ4v) is 5.68. The molecule has 2 heterocycles. The minimum Gasteiger partial charge on any atom is -0.507 e.